The third kappa shape index (κ3) is 1.40. The second kappa shape index (κ2) is 3.12. The van der Waals surface area contributed by atoms with Gasteiger partial charge in [-0.3, -0.25) is 4.99 Å². The predicted octanol–water partition coefficient (Wildman–Crippen LogP) is 1.83. The number of nitrogens with one attached hydrogen (secondary N) is 2. The van der Waals surface area contributed by atoms with Gasteiger partial charge in [0.2, 0.25) is 0 Å². The van der Waals surface area contributed by atoms with Crippen LogP contribution in [0.2, 0.25) is 0 Å². The molecule has 0 aliphatic carbocycles. The Bertz CT molecular complexity index is 537. The van der Waals surface area contributed by atoms with Gasteiger partial charge in [0.05, 0.1) is 6.54 Å². The zero-order valence-electron chi connectivity index (χ0n) is 8.67. The van der Waals surface area contributed by atoms with Crippen molar-refractivity contribution in [2.24, 2.45) is 4.99 Å². The van der Waals surface area contributed by atoms with Crippen molar-refractivity contribution < 1.29 is 0 Å². The highest BCUT2D eigenvalue weighted by Crippen LogP contribution is 2.17. The number of rotatable bonds is 1. The number of aryl methyl sites for hydroxylation is 1. The molecule has 0 spiro atoms. The molecule has 0 bridgehead atoms. The Morgan fingerprint density at radius 1 is 1.27 bits per heavy atom. The van der Waals surface area contributed by atoms with Crippen LogP contribution in [-0.2, 0) is 0 Å². The summed E-state index contributed by atoms with van der Waals surface area (Å²) in [6, 6.07) is 8.56. The molecule has 1 aromatic carbocycles. The van der Waals surface area contributed by atoms with Crippen LogP contribution in [0.5, 0.6) is 0 Å². The van der Waals surface area contributed by atoms with Crippen LogP contribution in [0.15, 0.2) is 29.3 Å². The van der Waals surface area contributed by atoms with Crippen LogP contribution in [0.25, 0.3) is 10.9 Å². The van der Waals surface area contributed by atoms with Crippen LogP contribution in [0.1, 0.15) is 11.3 Å². The first-order valence-corrected chi connectivity index (χ1v) is 5.21. The lowest BCUT2D eigenvalue weighted by atomic mass is 10.1. The molecule has 0 unspecified atom stereocenters. The lowest BCUT2D eigenvalue weighted by Crippen LogP contribution is -2.19. The Morgan fingerprint density at radius 3 is 3.00 bits per heavy atom. The number of hydrogen-bond donors (Lipinski definition) is 2. The van der Waals surface area contributed by atoms with Gasteiger partial charge >= 0.3 is 0 Å². The third-order valence-electron chi connectivity index (χ3n) is 2.70. The maximum absolute atomic E-state index is 4.41. The molecular weight excluding hydrogens is 186 g/mol. The van der Waals surface area contributed by atoms with Crippen LogP contribution in [-0.4, -0.2) is 23.9 Å². The van der Waals surface area contributed by atoms with Crippen LogP contribution in [0.3, 0.4) is 0 Å². The number of H-pyrrole nitrogens is 1. The number of amidine groups is 1. The number of nitrogens with zero attached hydrogens (tertiary/aromatic N) is 1. The summed E-state index contributed by atoms with van der Waals surface area (Å²) in [6.45, 7) is 3.92. The van der Waals surface area contributed by atoms with E-state index in [2.05, 4.69) is 46.5 Å². The molecule has 1 aliphatic heterocycles. The van der Waals surface area contributed by atoms with E-state index in [1.165, 1.54) is 22.2 Å². The Labute approximate surface area is 88.2 Å². The number of aromatic amines is 1. The molecule has 0 atom stereocenters. The highest BCUT2D eigenvalue weighted by atomic mass is 15.1. The smallest absolute Gasteiger partial charge is 0.128 e. The van der Waals surface area contributed by atoms with Crippen molar-refractivity contribution in [2.75, 3.05) is 13.1 Å². The number of fused-ring (bicyclic) bond motifs is 1. The molecule has 1 aliphatic rings. The van der Waals surface area contributed by atoms with Gasteiger partial charge in [-0.05, 0) is 24.4 Å². The quantitative estimate of drug-likeness (QED) is 0.722. The Balaban J connectivity index is 2.12. The van der Waals surface area contributed by atoms with Crippen molar-refractivity contribution in [2.45, 2.75) is 6.92 Å². The summed E-state index contributed by atoms with van der Waals surface area (Å²) in [5.74, 6) is 1.02. The Kier molecular flexibility index (Phi) is 1.78. The van der Waals surface area contributed by atoms with Gasteiger partial charge in [0.1, 0.15) is 5.84 Å². The topological polar surface area (TPSA) is 40.2 Å². The van der Waals surface area contributed by atoms with Crippen LogP contribution in [0.4, 0.5) is 0 Å². The van der Waals surface area contributed by atoms with Crippen LogP contribution >= 0.6 is 0 Å². The van der Waals surface area contributed by atoms with Crippen molar-refractivity contribution in [3.8, 4) is 0 Å². The molecule has 3 heteroatoms. The average Bonchev–Trinajstić information content (AvgIpc) is 2.82. The standard InChI is InChI=1S/C12H13N3/c1-8-6-9-2-3-10(7-11(9)15-8)12-13-4-5-14-12/h2-3,6-7,15H,4-5H2,1H3,(H,13,14). The van der Waals surface area contributed by atoms with Gasteiger partial charge in [-0.1, -0.05) is 12.1 Å². The van der Waals surface area contributed by atoms with Gasteiger partial charge in [0.25, 0.3) is 0 Å². The SMILES string of the molecule is Cc1cc2ccc(C3=NCCN3)cc2[nH]1. The van der Waals surface area contributed by atoms with Crippen molar-refractivity contribution >= 4 is 16.7 Å². The summed E-state index contributed by atoms with van der Waals surface area (Å²) in [4.78, 5) is 7.75. The van der Waals surface area contributed by atoms with E-state index in [0.717, 1.165) is 18.9 Å². The predicted molar refractivity (Wildman–Crippen MR) is 62.4 cm³/mol. The maximum atomic E-state index is 4.41. The number of benzene rings is 1. The highest BCUT2D eigenvalue weighted by Gasteiger charge is 2.08. The minimum Gasteiger partial charge on any atom is -0.368 e. The molecular formula is C12H13N3. The molecule has 0 amide bonds. The molecule has 0 saturated carbocycles. The van der Waals surface area contributed by atoms with Crippen LogP contribution in [0, 0.1) is 6.92 Å². The summed E-state index contributed by atoms with van der Waals surface area (Å²) in [5, 5.41) is 4.54. The number of aromatic nitrogens is 1. The molecule has 76 valence electrons. The lowest BCUT2D eigenvalue weighted by Gasteiger charge is -2.01. The van der Waals surface area contributed by atoms with Gasteiger partial charge < -0.3 is 10.3 Å². The first kappa shape index (κ1) is 8.53. The van der Waals surface area contributed by atoms with E-state index >= 15 is 0 Å². The van der Waals surface area contributed by atoms with E-state index in [4.69, 9.17) is 0 Å². The van der Waals surface area contributed by atoms with Gasteiger partial charge in [-0.25, -0.2) is 0 Å². The lowest BCUT2D eigenvalue weighted by molar-refractivity contribution is 0.960. The summed E-state index contributed by atoms with van der Waals surface area (Å²) < 4.78 is 0. The van der Waals surface area contributed by atoms with E-state index in [1.807, 2.05) is 0 Å². The molecule has 0 radical (unpaired) electrons. The van der Waals surface area contributed by atoms with Crippen molar-refractivity contribution in [1.29, 1.82) is 0 Å². The summed E-state index contributed by atoms with van der Waals surface area (Å²) in [6.07, 6.45) is 0. The monoisotopic (exact) mass is 199 g/mol. The molecule has 0 fully saturated rings. The minimum absolute atomic E-state index is 0.886. The molecule has 3 rings (SSSR count). The summed E-state index contributed by atoms with van der Waals surface area (Å²) >= 11 is 0. The van der Waals surface area contributed by atoms with E-state index in [-0.39, 0.29) is 0 Å². The Morgan fingerprint density at radius 2 is 2.20 bits per heavy atom. The minimum atomic E-state index is 0.886. The molecule has 15 heavy (non-hydrogen) atoms. The fourth-order valence-corrected chi connectivity index (χ4v) is 2.01. The van der Waals surface area contributed by atoms with Crippen molar-refractivity contribution in [1.82, 2.24) is 10.3 Å². The largest absolute Gasteiger partial charge is 0.368 e. The zero-order chi connectivity index (χ0) is 10.3. The maximum Gasteiger partial charge on any atom is 0.128 e. The van der Waals surface area contributed by atoms with E-state index in [1.54, 1.807) is 0 Å². The summed E-state index contributed by atoms with van der Waals surface area (Å²) in [5.41, 5.74) is 3.55. The third-order valence-corrected chi connectivity index (χ3v) is 2.70. The molecule has 3 nitrogen and oxygen atoms in total. The highest BCUT2D eigenvalue weighted by molar-refractivity contribution is 6.02. The normalized spacial score (nSPS) is 15.4. The van der Waals surface area contributed by atoms with Gasteiger partial charge in [0, 0.05) is 23.3 Å². The van der Waals surface area contributed by atoms with Gasteiger partial charge in [0.15, 0.2) is 0 Å². The number of hydrogen-bond acceptors (Lipinski definition) is 2. The van der Waals surface area contributed by atoms with E-state index < -0.39 is 0 Å². The van der Waals surface area contributed by atoms with Gasteiger partial charge in [-0.2, -0.15) is 0 Å². The van der Waals surface area contributed by atoms with E-state index in [0.29, 0.717) is 0 Å². The molecule has 1 aromatic heterocycles. The first-order chi connectivity index (χ1) is 7.33. The van der Waals surface area contributed by atoms with Gasteiger partial charge in [-0.15, -0.1) is 0 Å². The second-order valence-corrected chi connectivity index (χ2v) is 3.91. The molecule has 2 N–H and O–H groups in total. The average molecular weight is 199 g/mol. The van der Waals surface area contributed by atoms with E-state index in [9.17, 15) is 0 Å². The molecule has 0 saturated heterocycles. The molecule has 2 heterocycles. The Hall–Kier alpha value is -1.77. The first-order valence-electron chi connectivity index (χ1n) is 5.21. The van der Waals surface area contributed by atoms with Crippen LogP contribution < -0.4 is 5.32 Å². The molecule has 2 aromatic rings. The fraction of sp³-hybridized carbons (Fsp3) is 0.250. The van der Waals surface area contributed by atoms with Crippen molar-refractivity contribution in [3.63, 3.8) is 0 Å². The summed E-state index contributed by atoms with van der Waals surface area (Å²) in [7, 11) is 0. The number of aliphatic imine (C=N–C) groups is 1. The zero-order valence-corrected chi connectivity index (χ0v) is 8.67. The van der Waals surface area contributed by atoms with Crippen molar-refractivity contribution in [3.05, 3.63) is 35.5 Å². The fourth-order valence-electron chi connectivity index (χ4n) is 2.01. The second-order valence-electron chi connectivity index (χ2n) is 3.91.